The molecule has 1 aromatic carbocycles. The zero-order valence-electron chi connectivity index (χ0n) is 12.4. The van der Waals surface area contributed by atoms with Crippen LogP contribution in [0.2, 0.25) is 0 Å². The van der Waals surface area contributed by atoms with Crippen LogP contribution >= 0.6 is 15.9 Å². The first-order valence-electron chi connectivity index (χ1n) is 7.24. The fourth-order valence-electron chi connectivity index (χ4n) is 2.40. The summed E-state index contributed by atoms with van der Waals surface area (Å²) in [6, 6.07) is 6.77. The first-order chi connectivity index (χ1) is 10.2. The van der Waals surface area contributed by atoms with Crippen LogP contribution in [-0.4, -0.2) is 22.9 Å². The van der Waals surface area contributed by atoms with Gasteiger partial charge in [-0.25, -0.2) is 0 Å². The van der Waals surface area contributed by atoms with Gasteiger partial charge < -0.3 is 10.1 Å². The Morgan fingerprint density at radius 2 is 2.19 bits per heavy atom. The van der Waals surface area contributed by atoms with Crippen LogP contribution in [-0.2, 0) is 13.1 Å². The van der Waals surface area contributed by atoms with Gasteiger partial charge in [-0.05, 0) is 38.0 Å². The van der Waals surface area contributed by atoms with Gasteiger partial charge in [-0.3, -0.25) is 4.68 Å². The van der Waals surface area contributed by atoms with E-state index in [9.17, 15) is 0 Å². The van der Waals surface area contributed by atoms with Crippen LogP contribution in [0.1, 0.15) is 29.7 Å². The highest BCUT2D eigenvalue weighted by atomic mass is 79.9. The molecule has 1 saturated carbocycles. The van der Waals surface area contributed by atoms with E-state index in [4.69, 9.17) is 4.74 Å². The minimum atomic E-state index is 0.715. The molecule has 1 aliphatic rings. The van der Waals surface area contributed by atoms with Crippen molar-refractivity contribution in [2.45, 2.75) is 38.9 Å². The molecule has 5 heteroatoms. The summed E-state index contributed by atoms with van der Waals surface area (Å²) in [4.78, 5) is 0. The van der Waals surface area contributed by atoms with E-state index in [-0.39, 0.29) is 0 Å². The van der Waals surface area contributed by atoms with Gasteiger partial charge in [0, 0.05) is 34.4 Å². The van der Waals surface area contributed by atoms with Crippen molar-refractivity contribution >= 4 is 15.9 Å². The van der Waals surface area contributed by atoms with Gasteiger partial charge in [0.15, 0.2) is 0 Å². The van der Waals surface area contributed by atoms with Gasteiger partial charge in [-0.2, -0.15) is 5.10 Å². The molecule has 1 N–H and O–H groups in total. The summed E-state index contributed by atoms with van der Waals surface area (Å²) in [5, 5.41) is 8.15. The van der Waals surface area contributed by atoms with E-state index in [1.165, 1.54) is 18.4 Å². The third-order valence-corrected chi connectivity index (χ3v) is 4.27. The average molecular weight is 350 g/mol. The van der Waals surface area contributed by atoms with Crippen LogP contribution in [0, 0.1) is 6.92 Å². The second-order valence-electron chi connectivity index (χ2n) is 5.55. The molecule has 1 aliphatic carbocycles. The van der Waals surface area contributed by atoms with Crippen molar-refractivity contribution in [3.8, 4) is 5.75 Å². The number of hydrogen-bond acceptors (Lipinski definition) is 3. The third-order valence-electron chi connectivity index (χ3n) is 3.78. The van der Waals surface area contributed by atoms with E-state index in [2.05, 4.69) is 45.5 Å². The fraction of sp³-hybridized carbons (Fsp3) is 0.438. The lowest BCUT2D eigenvalue weighted by Gasteiger charge is -2.09. The van der Waals surface area contributed by atoms with E-state index < -0.39 is 0 Å². The van der Waals surface area contributed by atoms with E-state index in [0.29, 0.717) is 6.54 Å². The Balaban J connectivity index is 1.75. The van der Waals surface area contributed by atoms with Crippen molar-refractivity contribution in [3.63, 3.8) is 0 Å². The van der Waals surface area contributed by atoms with E-state index in [1.807, 2.05) is 16.8 Å². The van der Waals surface area contributed by atoms with Gasteiger partial charge in [-0.15, -0.1) is 0 Å². The van der Waals surface area contributed by atoms with Crippen LogP contribution in [0.25, 0.3) is 0 Å². The average Bonchev–Trinajstić information content (AvgIpc) is 3.21. The summed E-state index contributed by atoms with van der Waals surface area (Å²) in [6.45, 7) is 3.69. The highest BCUT2D eigenvalue weighted by Crippen LogP contribution is 2.24. The predicted molar refractivity (Wildman–Crippen MR) is 86.6 cm³/mol. The van der Waals surface area contributed by atoms with Crippen LogP contribution in [0.3, 0.4) is 0 Å². The Labute approximate surface area is 133 Å². The van der Waals surface area contributed by atoms with Crippen molar-refractivity contribution in [2.75, 3.05) is 7.11 Å². The highest BCUT2D eigenvalue weighted by molar-refractivity contribution is 9.10. The van der Waals surface area contributed by atoms with E-state index >= 15 is 0 Å². The number of hydrogen-bond donors (Lipinski definition) is 1. The molecule has 0 amide bonds. The van der Waals surface area contributed by atoms with Crippen molar-refractivity contribution in [3.05, 3.63) is 45.7 Å². The van der Waals surface area contributed by atoms with Gasteiger partial charge in [0.1, 0.15) is 5.75 Å². The summed E-state index contributed by atoms with van der Waals surface area (Å²) in [6.07, 6.45) is 4.75. The van der Waals surface area contributed by atoms with Crippen LogP contribution in [0.15, 0.2) is 28.9 Å². The molecule has 0 spiro atoms. The molecule has 1 fully saturated rings. The van der Waals surface area contributed by atoms with Gasteiger partial charge in [0.05, 0.1) is 19.3 Å². The number of nitrogens with one attached hydrogen (secondary N) is 1. The summed E-state index contributed by atoms with van der Waals surface area (Å²) in [5.41, 5.74) is 3.49. The Morgan fingerprint density at radius 3 is 2.90 bits per heavy atom. The molecule has 4 nitrogen and oxygen atoms in total. The number of ether oxygens (including phenoxy) is 1. The van der Waals surface area contributed by atoms with E-state index in [1.54, 1.807) is 7.11 Å². The molecule has 0 aliphatic heterocycles. The number of methoxy groups -OCH3 is 1. The predicted octanol–water partition coefficient (Wildman–Crippen LogP) is 3.26. The summed E-state index contributed by atoms with van der Waals surface area (Å²) in [5.74, 6) is 0.893. The maximum absolute atomic E-state index is 5.42. The number of aryl methyl sites for hydroxylation is 1. The largest absolute Gasteiger partial charge is 0.496 e. The minimum Gasteiger partial charge on any atom is -0.496 e. The molecule has 0 atom stereocenters. The smallest absolute Gasteiger partial charge is 0.124 e. The molecule has 21 heavy (non-hydrogen) atoms. The first-order valence-corrected chi connectivity index (χ1v) is 8.03. The molecule has 0 bridgehead atoms. The molecular formula is C16H20BrN3O. The zero-order chi connectivity index (χ0) is 14.8. The number of rotatable bonds is 6. The summed E-state index contributed by atoms with van der Waals surface area (Å²) in [7, 11) is 1.70. The normalized spacial score (nSPS) is 14.4. The van der Waals surface area contributed by atoms with Crippen molar-refractivity contribution in [1.29, 1.82) is 0 Å². The monoisotopic (exact) mass is 349 g/mol. The second-order valence-corrected chi connectivity index (χ2v) is 6.46. The van der Waals surface area contributed by atoms with Gasteiger partial charge in [-0.1, -0.05) is 15.9 Å². The number of nitrogens with zero attached hydrogens (tertiary/aromatic N) is 2. The molecule has 0 unspecified atom stereocenters. The molecule has 0 radical (unpaired) electrons. The molecule has 1 heterocycles. The van der Waals surface area contributed by atoms with Crippen LogP contribution in [0.4, 0.5) is 0 Å². The summed E-state index contributed by atoms with van der Waals surface area (Å²) >= 11 is 3.51. The zero-order valence-corrected chi connectivity index (χ0v) is 14.0. The maximum Gasteiger partial charge on any atom is 0.124 e. The first kappa shape index (κ1) is 14.6. The number of halogens is 1. The minimum absolute atomic E-state index is 0.715. The molecule has 3 rings (SSSR count). The molecule has 1 aromatic heterocycles. The Morgan fingerprint density at radius 1 is 1.38 bits per heavy atom. The SMILES string of the molecule is COc1ccc(Br)cc1Cn1cc(CNC2CC2)c(C)n1. The summed E-state index contributed by atoms with van der Waals surface area (Å²) < 4.78 is 8.47. The second kappa shape index (κ2) is 6.20. The highest BCUT2D eigenvalue weighted by Gasteiger charge is 2.20. The van der Waals surface area contributed by atoms with Gasteiger partial charge in [0.2, 0.25) is 0 Å². The Hall–Kier alpha value is -1.33. The molecule has 2 aromatic rings. The fourth-order valence-corrected chi connectivity index (χ4v) is 2.81. The van der Waals surface area contributed by atoms with Crippen molar-refractivity contribution < 1.29 is 4.74 Å². The lowest BCUT2D eigenvalue weighted by Crippen LogP contribution is -2.15. The Bertz CT molecular complexity index is 634. The van der Waals surface area contributed by atoms with E-state index in [0.717, 1.165) is 34.1 Å². The van der Waals surface area contributed by atoms with Crippen LogP contribution in [0.5, 0.6) is 5.75 Å². The number of benzene rings is 1. The maximum atomic E-state index is 5.42. The lowest BCUT2D eigenvalue weighted by molar-refractivity contribution is 0.407. The molecular weight excluding hydrogens is 330 g/mol. The van der Waals surface area contributed by atoms with Gasteiger partial charge >= 0.3 is 0 Å². The van der Waals surface area contributed by atoms with Crippen molar-refractivity contribution in [2.24, 2.45) is 0 Å². The van der Waals surface area contributed by atoms with Crippen molar-refractivity contribution in [1.82, 2.24) is 15.1 Å². The molecule has 0 saturated heterocycles. The topological polar surface area (TPSA) is 39.1 Å². The third kappa shape index (κ3) is 3.66. The quantitative estimate of drug-likeness (QED) is 0.869. The lowest BCUT2D eigenvalue weighted by atomic mass is 10.2. The molecule has 112 valence electrons. The Kier molecular flexibility index (Phi) is 4.31. The number of aromatic nitrogens is 2. The van der Waals surface area contributed by atoms with Gasteiger partial charge in [0.25, 0.3) is 0 Å². The standard InChI is InChI=1S/C16H20BrN3O/c1-11-13(8-18-15-4-5-15)10-20(19-11)9-12-7-14(17)3-6-16(12)21-2/h3,6-7,10,15,18H,4-5,8-9H2,1-2H3. The van der Waals surface area contributed by atoms with Crippen LogP contribution < -0.4 is 10.1 Å².